The first-order valence-electron chi connectivity index (χ1n) is 6.94. The molecule has 0 aromatic heterocycles. The van der Waals surface area contributed by atoms with Gasteiger partial charge >= 0.3 is 0 Å². The average molecular weight is 224 g/mol. The van der Waals surface area contributed by atoms with E-state index in [1.807, 2.05) is 0 Å². The first kappa shape index (κ1) is 11.0. The molecular formula is C13H24N2O. The van der Waals surface area contributed by atoms with Crippen LogP contribution in [0.25, 0.3) is 0 Å². The summed E-state index contributed by atoms with van der Waals surface area (Å²) in [7, 11) is 0. The molecule has 16 heavy (non-hydrogen) atoms. The molecule has 3 saturated heterocycles. The molecule has 0 bridgehead atoms. The van der Waals surface area contributed by atoms with Crippen LogP contribution in [0.15, 0.2) is 0 Å². The Balaban J connectivity index is 1.54. The Hall–Kier alpha value is -0.120. The van der Waals surface area contributed by atoms with Gasteiger partial charge in [0.2, 0.25) is 0 Å². The van der Waals surface area contributed by atoms with Crippen molar-refractivity contribution in [3.05, 3.63) is 0 Å². The van der Waals surface area contributed by atoms with Crippen LogP contribution in [0.2, 0.25) is 0 Å². The molecule has 0 saturated carbocycles. The van der Waals surface area contributed by atoms with Crippen LogP contribution < -0.4 is 5.32 Å². The van der Waals surface area contributed by atoms with Crippen LogP contribution in [0.5, 0.6) is 0 Å². The van der Waals surface area contributed by atoms with Gasteiger partial charge in [-0.15, -0.1) is 0 Å². The maximum absolute atomic E-state index is 5.61. The quantitative estimate of drug-likeness (QED) is 0.767. The molecule has 0 aromatic carbocycles. The summed E-state index contributed by atoms with van der Waals surface area (Å²) in [5.74, 6) is 0. The van der Waals surface area contributed by atoms with E-state index in [4.69, 9.17) is 4.74 Å². The second kappa shape index (κ2) is 4.63. The van der Waals surface area contributed by atoms with Crippen LogP contribution in [0, 0.1) is 0 Å². The van der Waals surface area contributed by atoms with Gasteiger partial charge in [0.05, 0.1) is 6.10 Å². The molecule has 3 heterocycles. The fraction of sp³-hybridized carbons (Fsp3) is 1.00. The summed E-state index contributed by atoms with van der Waals surface area (Å²) in [5, 5.41) is 3.90. The molecule has 0 aromatic rings. The van der Waals surface area contributed by atoms with Crippen molar-refractivity contribution in [1.82, 2.24) is 10.2 Å². The molecule has 4 unspecified atom stereocenters. The van der Waals surface area contributed by atoms with Gasteiger partial charge in [-0.1, -0.05) is 0 Å². The van der Waals surface area contributed by atoms with Crippen LogP contribution in [-0.4, -0.2) is 48.8 Å². The van der Waals surface area contributed by atoms with Gasteiger partial charge < -0.3 is 10.1 Å². The maximum atomic E-state index is 5.61. The average Bonchev–Trinajstić information content (AvgIpc) is 2.83. The Morgan fingerprint density at radius 1 is 1.19 bits per heavy atom. The molecule has 0 spiro atoms. The van der Waals surface area contributed by atoms with Crippen LogP contribution in [-0.2, 0) is 4.74 Å². The molecule has 3 aliphatic heterocycles. The Labute approximate surface area is 98.5 Å². The van der Waals surface area contributed by atoms with Gasteiger partial charge in [-0.3, -0.25) is 4.90 Å². The first-order chi connectivity index (χ1) is 7.83. The maximum Gasteiger partial charge on any atom is 0.0561 e. The summed E-state index contributed by atoms with van der Waals surface area (Å²) in [6.45, 7) is 5.80. The zero-order valence-electron chi connectivity index (χ0n) is 10.3. The van der Waals surface area contributed by atoms with Gasteiger partial charge in [0, 0.05) is 31.3 Å². The number of hydrogen-bond donors (Lipinski definition) is 1. The van der Waals surface area contributed by atoms with Gasteiger partial charge in [-0.2, -0.15) is 0 Å². The van der Waals surface area contributed by atoms with Crippen molar-refractivity contribution >= 4 is 0 Å². The van der Waals surface area contributed by atoms with E-state index in [1.165, 1.54) is 45.2 Å². The van der Waals surface area contributed by atoms with Gasteiger partial charge in [-0.25, -0.2) is 0 Å². The predicted molar refractivity (Wildman–Crippen MR) is 64.6 cm³/mol. The second-order valence-corrected chi connectivity index (χ2v) is 5.71. The topological polar surface area (TPSA) is 24.5 Å². The smallest absolute Gasteiger partial charge is 0.0561 e. The van der Waals surface area contributed by atoms with E-state index in [0.717, 1.165) is 18.7 Å². The molecule has 3 rings (SSSR count). The van der Waals surface area contributed by atoms with E-state index in [9.17, 15) is 0 Å². The number of rotatable bonds is 2. The van der Waals surface area contributed by atoms with E-state index < -0.39 is 0 Å². The van der Waals surface area contributed by atoms with Gasteiger partial charge in [0.15, 0.2) is 0 Å². The second-order valence-electron chi connectivity index (χ2n) is 5.71. The van der Waals surface area contributed by atoms with Gasteiger partial charge in [-0.05, 0) is 45.6 Å². The van der Waals surface area contributed by atoms with Crippen molar-refractivity contribution in [2.75, 3.05) is 19.7 Å². The van der Waals surface area contributed by atoms with E-state index in [1.54, 1.807) is 0 Å². The van der Waals surface area contributed by atoms with Gasteiger partial charge in [0.25, 0.3) is 0 Å². The minimum Gasteiger partial charge on any atom is -0.378 e. The third kappa shape index (κ3) is 2.13. The number of fused-ring (bicyclic) bond motifs is 1. The van der Waals surface area contributed by atoms with Crippen molar-refractivity contribution in [3.63, 3.8) is 0 Å². The molecule has 0 radical (unpaired) electrons. The number of nitrogens with zero attached hydrogens (tertiary/aromatic N) is 1. The first-order valence-corrected chi connectivity index (χ1v) is 6.94. The molecule has 92 valence electrons. The Kier molecular flexibility index (Phi) is 3.18. The van der Waals surface area contributed by atoms with Crippen molar-refractivity contribution in [2.24, 2.45) is 0 Å². The summed E-state index contributed by atoms with van der Waals surface area (Å²) < 4.78 is 5.61. The normalized spacial score (nSPS) is 44.8. The molecule has 3 aliphatic rings. The highest BCUT2D eigenvalue weighted by Crippen LogP contribution is 2.29. The third-order valence-corrected chi connectivity index (χ3v) is 4.54. The molecule has 3 heteroatoms. The van der Waals surface area contributed by atoms with Crippen molar-refractivity contribution < 1.29 is 4.74 Å². The standard InChI is InChI=1S/C13H24N2O/c1-10-9-11(5-8-16-10)14-12-4-7-15-6-2-3-13(12)15/h10-14H,2-9H2,1H3. The third-order valence-electron chi connectivity index (χ3n) is 4.54. The molecule has 0 aliphatic carbocycles. The van der Waals surface area contributed by atoms with E-state index in [-0.39, 0.29) is 0 Å². The van der Waals surface area contributed by atoms with Crippen LogP contribution in [0.1, 0.15) is 39.0 Å². The number of ether oxygens (including phenoxy) is 1. The lowest BCUT2D eigenvalue weighted by Gasteiger charge is -2.32. The highest BCUT2D eigenvalue weighted by molar-refractivity contribution is 4.97. The highest BCUT2D eigenvalue weighted by Gasteiger charge is 2.38. The van der Waals surface area contributed by atoms with E-state index in [2.05, 4.69) is 17.1 Å². The predicted octanol–water partition coefficient (Wildman–Crippen LogP) is 1.38. The zero-order valence-corrected chi connectivity index (χ0v) is 10.3. The minimum atomic E-state index is 0.451. The fourth-order valence-electron chi connectivity index (χ4n) is 3.73. The van der Waals surface area contributed by atoms with Crippen LogP contribution in [0.3, 0.4) is 0 Å². The van der Waals surface area contributed by atoms with E-state index >= 15 is 0 Å². The molecule has 1 N–H and O–H groups in total. The molecule has 0 amide bonds. The monoisotopic (exact) mass is 224 g/mol. The molecule has 3 fully saturated rings. The van der Waals surface area contributed by atoms with Crippen molar-refractivity contribution in [2.45, 2.75) is 63.3 Å². The number of hydrogen-bond acceptors (Lipinski definition) is 3. The summed E-state index contributed by atoms with van der Waals surface area (Å²) in [5.41, 5.74) is 0. The summed E-state index contributed by atoms with van der Waals surface area (Å²) in [6, 6.07) is 2.31. The Morgan fingerprint density at radius 2 is 2.12 bits per heavy atom. The lowest BCUT2D eigenvalue weighted by Crippen LogP contribution is -2.47. The Morgan fingerprint density at radius 3 is 3.00 bits per heavy atom. The molecular weight excluding hydrogens is 200 g/mol. The zero-order chi connectivity index (χ0) is 11.0. The molecule has 4 atom stereocenters. The fourth-order valence-corrected chi connectivity index (χ4v) is 3.73. The lowest BCUT2D eigenvalue weighted by atomic mass is 10.00. The van der Waals surface area contributed by atoms with Crippen LogP contribution in [0.4, 0.5) is 0 Å². The van der Waals surface area contributed by atoms with E-state index in [0.29, 0.717) is 12.1 Å². The largest absolute Gasteiger partial charge is 0.378 e. The van der Waals surface area contributed by atoms with Crippen LogP contribution >= 0.6 is 0 Å². The highest BCUT2D eigenvalue weighted by atomic mass is 16.5. The molecule has 3 nitrogen and oxygen atoms in total. The number of nitrogens with one attached hydrogen (secondary N) is 1. The Bertz CT molecular complexity index is 246. The van der Waals surface area contributed by atoms with Crippen molar-refractivity contribution in [3.8, 4) is 0 Å². The van der Waals surface area contributed by atoms with Gasteiger partial charge in [0.1, 0.15) is 0 Å². The SMILES string of the molecule is CC1CC(NC2CCN3CCCC23)CCO1. The minimum absolute atomic E-state index is 0.451. The lowest BCUT2D eigenvalue weighted by molar-refractivity contribution is 0.0106. The summed E-state index contributed by atoms with van der Waals surface area (Å²) in [4.78, 5) is 2.68. The summed E-state index contributed by atoms with van der Waals surface area (Å²) in [6.07, 6.45) is 7.03. The summed E-state index contributed by atoms with van der Waals surface area (Å²) >= 11 is 0. The van der Waals surface area contributed by atoms with Crippen molar-refractivity contribution in [1.29, 1.82) is 0 Å².